The molecule has 1 unspecified atom stereocenters. The Morgan fingerprint density at radius 3 is 2.12 bits per heavy atom. The number of hydrogen-bond acceptors (Lipinski definition) is 4. The second-order valence-corrected chi connectivity index (χ2v) is 8.02. The lowest BCUT2D eigenvalue weighted by molar-refractivity contribution is 0.0497. The van der Waals surface area contributed by atoms with E-state index in [9.17, 15) is 13.2 Å². The van der Waals surface area contributed by atoms with E-state index in [4.69, 9.17) is 15.4 Å². The van der Waals surface area contributed by atoms with Crippen LogP contribution < -0.4 is 5.32 Å². The highest BCUT2D eigenvalue weighted by Gasteiger charge is 2.25. The highest BCUT2D eigenvalue weighted by molar-refractivity contribution is 8.13. The maximum absolute atomic E-state index is 11.5. The van der Waals surface area contributed by atoms with Crippen molar-refractivity contribution in [2.75, 3.05) is 5.75 Å². The predicted octanol–water partition coefficient (Wildman–Crippen LogP) is 2.10. The third kappa shape index (κ3) is 9.23. The first-order chi connectivity index (χ1) is 7.41. The van der Waals surface area contributed by atoms with Crippen LogP contribution in [0.15, 0.2) is 0 Å². The number of carbonyl (C=O) groups excluding carboxylic acids is 1. The van der Waals surface area contributed by atoms with Gasteiger partial charge < -0.3 is 10.1 Å². The van der Waals surface area contributed by atoms with Crippen LogP contribution >= 0.6 is 10.7 Å². The Bertz CT molecular complexity index is 359. The molecular formula is C10H20ClNO4S. The van der Waals surface area contributed by atoms with Crippen LogP contribution in [0.2, 0.25) is 0 Å². The molecule has 1 atom stereocenters. The van der Waals surface area contributed by atoms with E-state index in [2.05, 4.69) is 5.32 Å². The summed E-state index contributed by atoms with van der Waals surface area (Å²) in [5.41, 5.74) is -0.620. The summed E-state index contributed by atoms with van der Waals surface area (Å²) in [6, 6.07) is -0.563. The van der Waals surface area contributed by atoms with Gasteiger partial charge in [-0.05, 0) is 26.7 Å². The van der Waals surface area contributed by atoms with Crippen molar-refractivity contribution in [1.82, 2.24) is 5.32 Å². The highest BCUT2D eigenvalue weighted by Crippen LogP contribution is 2.11. The summed E-state index contributed by atoms with van der Waals surface area (Å²) in [5, 5.41) is 2.50. The number of carbonyl (C=O) groups is 1. The lowest BCUT2D eigenvalue weighted by atomic mass is 10.1. The number of ether oxygens (including phenoxy) is 1. The number of amides is 1. The normalized spacial score (nSPS) is 14.5. The van der Waals surface area contributed by atoms with Crippen LogP contribution in [-0.2, 0) is 13.8 Å². The van der Waals surface area contributed by atoms with Crippen molar-refractivity contribution in [3.05, 3.63) is 0 Å². The van der Waals surface area contributed by atoms with E-state index in [0.29, 0.717) is 0 Å². The van der Waals surface area contributed by atoms with E-state index in [-0.39, 0.29) is 11.7 Å². The first-order valence-corrected chi connectivity index (χ1v) is 7.80. The maximum atomic E-state index is 11.5. The molecule has 0 aromatic rings. The zero-order chi connectivity index (χ0) is 13.9. The molecule has 0 fully saturated rings. The molecule has 7 heteroatoms. The van der Waals surface area contributed by atoms with Crippen molar-refractivity contribution in [3.63, 3.8) is 0 Å². The summed E-state index contributed by atoms with van der Waals surface area (Å²) in [5.74, 6) is -0.373. The summed E-state index contributed by atoms with van der Waals surface area (Å²) < 4.78 is 27.0. The third-order valence-corrected chi connectivity index (χ3v) is 3.02. The van der Waals surface area contributed by atoms with Gasteiger partial charge in [-0.15, -0.1) is 0 Å². The minimum atomic E-state index is -3.66. The van der Waals surface area contributed by atoms with Crippen molar-refractivity contribution in [2.24, 2.45) is 5.92 Å². The molecule has 17 heavy (non-hydrogen) atoms. The molecule has 0 aliphatic rings. The molecule has 5 nitrogen and oxygen atoms in total. The summed E-state index contributed by atoms with van der Waals surface area (Å²) in [6.07, 6.45) is -0.642. The number of halogens is 1. The third-order valence-electron chi connectivity index (χ3n) is 1.89. The van der Waals surface area contributed by atoms with Crippen LogP contribution in [0.1, 0.15) is 34.6 Å². The fraction of sp³-hybridized carbons (Fsp3) is 0.900. The molecule has 0 radical (unpaired) electrons. The molecule has 0 aliphatic carbocycles. The molecule has 0 spiro atoms. The summed E-state index contributed by atoms with van der Waals surface area (Å²) in [6.45, 7) is 8.79. The molecule has 0 saturated heterocycles. The van der Waals surface area contributed by atoms with Gasteiger partial charge in [0.1, 0.15) is 5.60 Å². The predicted molar refractivity (Wildman–Crippen MR) is 67.6 cm³/mol. The molecular weight excluding hydrogens is 266 g/mol. The van der Waals surface area contributed by atoms with Crippen molar-refractivity contribution in [1.29, 1.82) is 0 Å². The monoisotopic (exact) mass is 285 g/mol. The largest absolute Gasteiger partial charge is 0.444 e. The van der Waals surface area contributed by atoms with E-state index in [1.54, 1.807) is 34.6 Å². The number of rotatable bonds is 4. The second kappa shape index (κ2) is 5.91. The number of alkyl carbamates (subject to hydrolysis) is 1. The molecule has 0 heterocycles. The van der Waals surface area contributed by atoms with Gasteiger partial charge in [-0.3, -0.25) is 0 Å². The van der Waals surface area contributed by atoms with Crippen LogP contribution in [0.4, 0.5) is 4.79 Å². The van der Waals surface area contributed by atoms with Crippen LogP contribution in [-0.4, -0.2) is 31.9 Å². The van der Waals surface area contributed by atoms with Crippen LogP contribution in [0.3, 0.4) is 0 Å². The van der Waals surface area contributed by atoms with Gasteiger partial charge in [0.25, 0.3) is 0 Å². The Labute approximate surface area is 107 Å². The molecule has 0 aromatic carbocycles. The minimum Gasteiger partial charge on any atom is -0.444 e. The van der Waals surface area contributed by atoms with Gasteiger partial charge in [0.2, 0.25) is 9.05 Å². The summed E-state index contributed by atoms with van der Waals surface area (Å²) >= 11 is 0. The zero-order valence-electron chi connectivity index (χ0n) is 10.8. The van der Waals surface area contributed by atoms with Crippen LogP contribution in [0, 0.1) is 5.92 Å². The SMILES string of the molecule is CC(C)C(CS(=O)(=O)Cl)NC(=O)OC(C)(C)C. The van der Waals surface area contributed by atoms with E-state index < -0.39 is 26.8 Å². The Balaban J connectivity index is 4.52. The van der Waals surface area contributed by atoms with Crippen molar-refractivity contribution >= 4 is 25.8 Å². The number of hydrogen-bond donors (Lipinski definition) is 1. The highest BCUT2D eigenvalue weighted by atomic mass is 35.7. The molecule has 0 saturated carbocycles. The van der Waals surface area contributed by atoms with Gasteiger partial charge in [0.15, 0.2) is 0 Å². The van der Waals surface area contributed by atoms with Gasteiger partial charge in [0, 0.05) is 16.7 Å². The van der Waals surface area contributed by atoms with E-state index in [1.807, 2.05) is 0 Å². The lowest BCUT2D eigenvalue weighted by Gasteiger charge is -2.24. The Morgan fingerprint density at radius 1 is 1.35 bits per heavy atom. The smallest absolute Gasteiger partial charge is 0.407 e. The van der Waals surface area contributed by atoms with E-state index in [1.165, 1.54) is 0 Å². The lowest BCUT2D eigenvalue weighted by Crippen LogP contribution is -2.44. The standard InChI is InChI=1S/C10H20ClNO4S/c1-7(2)8(6-17(11,14)15)12-9(13)16-10(3,4)5/h7-8H,6H2,1-5H3,(H,12,13). The Morgan fingerprint density at radius 2 is 1.82 bits per heavy atom. The fourth-order valence-electron chi connectivity index (χ4n) is 1.07. The number of nitrogens with one attached hydrogen (secondary N) is 1. The molecule has 0 aromatic heterocycles. The molecule has 102 valence electrons. The average Bonchev–Trinajstić information content (AvgIpc) is 1.95. The van der Waals surface area contributed by atoms with E-state index in [0.717, 1.165) is 0 Å². The summed E-state index contributed by atoms with van der Waals surface area (Å²) in [4.78, 5) is 11.5. The van der Waals surface area contributed by atoms with Gasteiger partial charge in [-0.2, -0.15) is 0 Å². The minimum absolute atomic E-state index is 0.0592. The zero-order valence-corrected chi connectivity index (χ0v) is 12.4. The fourth-order valence-corrected chi connectivity index (χ4v) is 2.38. The van der Waals surface area contributed by atoms with Crippen LogP contribution in [0.25, 0.3) is 0 Å². The molecule has 0 bridgehead atoms. The van der Waals surface area contributed by atoms with Crippen molar-refractivity contribution < 1.29 is 17.9 Å². The Kier molecular flexibility index (Phi) is 5.74. The van der Waals surface area contributed by atoms with E-state index >= 15 is 0 Å². The van der Waals surface area contributed by atoms with Gasteiger partial charge in [0.05, 0.1) is 5.75 Å². The first kappa shape index (κ1) is 16.5. The molecule has 1 N–H and O–H groups in total. The summed E-state index contributed by atoms with van der Waals surface area (Å²) in [7, 11) is 1.51. The first-order valence-electron chi connectivity index (χ1n) is 5.32. The molecule has 0 rings (SSSR count). The topological polar surface area (TPSA) is 72.5 Å². The van der Waals surface area contributed by atoms with Crippen LogP contribution in [0.5, 0.6) is 0 Å². The average molecular weight is 286 g/mol. The quantitative estimate of drug-likeness (QED) is 0.803. The van der Waals surface area contributed by atoms with Crippen molar-refractivity contribution in [3.8, 4) is 0 Å². The molecule has 0 aliphatic heterocycles. The van der Waals surface area contributed by atoms with Gasteiger partial charge >= 0.3 is 6.09 Å². The second-order valence-electron chi connectivity index (χ2n) is 5.20. The van der Waals surface area contributed by atoms with Gasteiger partial charge in [-0.1, -0.05) is 13.8 Å². The van der Waals surface area contributed by atoms with Crippen molar-refractivity contribution in [2.45, 2.75) is 46.3 Å². The maximum Gasteiger partial charge on any atom is 0.407 e. The molecule has 1 amide bonds. The Hall–Kier alpha value is -0.490. The van der Waals surface area contributed by atoms with Gasteiger partial charge in [-0.25, -0.2) is 13.2 Å².